The number of carbonyl (C=O) groups is 1. The van der Waals surface area contributed by atoms with Gasteiger partial charge in [-0.1, -0.05) is 29.8 Å². The molecule has 0 aliphatic rings. The minimum Gasteiger partial charge on any atom is -0.461 e. The van der Waals surface area contributed by atoms with Crippen molar-refractivity contribution < 1.29 is 22.4 Å². The van der Waals surface area contributed by atoms with E-state index in [1.807, 2.05) is 26.0 Å². The maximum absolute atomic E-state index is 12.2. The average molecular weight is 450 g/mol. The number of halogens is 1. The van der Waals surface area contributed by atoms with E-state index >= 15 is 0 Å². The van der Waals surface area contributed by atoms with Gasteiger partial charge in [0, 0.05) is 28.6 Å². The summed E-state index contributed by atoms with van der Waals surface area (Å²) in [6.45, 7) is 3.50. The molecule has 0 fully saturated rings. The first-order valence-corrected chi connectivity index (χ1v) is 11.0. The fraction of sp³-hybridized carbons (Fsp3) is 0.238. The first-order chi connectivity index (χ1) is 14.2. The number of ether oxygens (including phenoxy) is 1. The number of fused-ring (bicyclic) bond motifs is 1. The number of hydrogen-bond acceptors (Lipinski definition) is 6. The second-order valence-electron chi connectivity index (χ2n) is 6.74. The van der Waals surface area contributed by atoms with Crippen LogP contribution in [-0.2, 0) is 26.2 Å². The highest BCUT2D eigenvalue weighted by atomic mass is 35.5. The molecular formula is C21H20ClNO6S. The molecule has 0 atom stereocenters. The predicted molar refractivity (Wildman–Crippen MR) is 113 cm³/mol. The zero-order chi connectivity index (χ0) is 21.9. The molecule has 0 unspecified atom stereocenters. The van der Waals surface area contributed by atoms with Crippen molar-refractivity contribution in [2.45, 2.75) is 31.8 Å². The van der Waals surface area contributed by atoms with Crippen molar-refractivity contribution in [3.63, 3.8) is 0 Å². The predicted octanol–water partition coefficient (Wildman–Crippen LogP) is 3.48. The number of carbonyl (C=O) groups excluding carboxylic acids is 1. The lowest BCUT2D eigenvalue weighted by atomic mass is 10.0. The molecule has 0 radical (unpaired) electrons. The molecule has 0 saturated heterocycles. The quantitative estimate of drug-likeness (QED) is 0.437. The average Bonchev–Trinajstić information content (AvgIpc) is 2.69. The first kappa shape index (κ1) is 22.0. The van der Waals surface area contributed by atoms with E-state index in [0.29, 0.717) is 21.6 Å². The molecule has 3 rings (SSSR count). The third-order valence-electron chi connectivity index (χ3n) is 4.63. The van der Waals surface area contributed by atoms with Crippen LogP contribution in [0.25, 0.3) is 11.0 Å². The molecule has 7 nitrogen and oxygen atoms in total. The summed E-state index contributed by atoms with van der Waals surface area (Å²) in [5.74, 6) is -0.603. The summed E-state index contributed by atoms with van der Waals surface area (Å²) in [6, 6.07) is 10.8. The van der Waals surface area contributed by atoms with Crippen LogP contribution in [0.4, 0.5) is 0 Å². The normalized spacial score (nSPS) is 11.6. The summed E-state index contributed by atoms with van der Waals surface area (Å²) in [6.07, 6.45) is -0.169. The molecule has 30 heavy (non-hydrogen) atoms. The third-order valence-corrected chi connectivity index (χ3v) is 6.33. The Morgan fingerprint density at radius 1 is 1.17 bits per heavy atom. The molecule has 0 bridgehead atoms. The van der Waals surface area contributed by atoms with Crippen molar-refractivity contribution in [3.05, 3.63) is 74.6 Å². The van der Waals surface area contributed by atoms with Gasteiger partial charge in [-0.15, -0.1) is 0 Å². The minimum atomic E-state index is -3.78. The van der Waals surface area contributed by atoms with Gasteiger partial charge in [-0.3, -0.25) is 4.79 Å². The van der Waals surface area contributed by atoms with E-state index in [1.165, 1.54) is 24.3 Å². The topological polar surface area (TPSA) is 103 Å². The van der Waals surface area contributed by atoms with Gasteiger partial charge >= 0.3 is 11.6 Å². The standard InChI is InChI=1S/C21H20ClNO6S/c1-13-6-7-18-15(10-20(25)29-21(18)14(13)2)12-28-19(24)8-9-23-30(26,27)17-5-3-4-16(22)11-17/h3-7,10-11,23H,8-9,12H2,1-2H3. The molecule has 1 aromatic heterocycles. The smallest absolute Gasteiger partial charge is 0.336 e. The lowest BCUT2D eigenvalue weighted by molar-refractivity contribution is -0.144. The van der Waals surface area contributed by atoms with Gasteiger partial charge in [0.1, 0.15) is 12.2 Å². The molecule has 0 aliphatic heterocycles. The molecular weight excluding hydrogens is 430 g/mol. The Labute approximate surface area is 178 Å². The summed E-state index contributed by atoms with van der Waals surface area (Å²) < 4.78 is 37.3. The van der Waals surface area contributed by atoms with Gasteiger partial charge in [0.2, 0.25) is 10.0 Å². The number of benzene rings is 2. The first-order valence-electron chi connectivity index (χ1n) is 9.11. The maximum atomic E-state index is 12.2. The largest absolute Gasteiger partial charge is 0.461 e. The van der Waals surface area contributed by atoms with E-state index in [-0.39, 0.29) is 24.5 Å². The van der Waals surface area contributed by atoms with E-state index in [1.54, 1.807) is 6.07 Å². The van der Waals surface area contributed by atoms with E-state index in [9.17, 15) is 18.0 Å². The van der Waals surface area contributed by atoms with Crippen LogP contribution < -0.4 is 10.3 Å². The van der Waals surface area contributed by atoms with Crippen molar-refractivity contribution in [2.75, 3.05) is 6.54 Å². The Hall–Kier alpha value is -2.68. The Bertz CT molecular complexity index is 1270. The Morgan fingerprint density at radius 3 is 2.67 bits per heavy atom. The number of rotatable bonds is 7. The lowest BCUT2D eigenvalue weighted by Crippen LogP contribution is -2.26. The zero-order valence-corrected chi connectivity index (χ0v) is 18.0. The van der Waals surface area contributed by atoms with Gasteiger partial charge in [0.25, 0.3) is 0 Å². The summed E-state index contributed by atoms with van der Waals surface area (Å²) in [7, 11) is -3.78. The summed E-state index contributed by atoms with van der Waals surface area (Å²) in [5, 5.41) is 0.981. The molecule has 0 spiro atoms. The van der Waals surface area contributed by atoms with Crippen LogP contribution in [0.1, 0.15) is 23.1 Å². The zero-order valence-electron chi connectivity index (χ0n) is 16.4. The van der Waals surface area contributed by atoms with E-state index < -0.39 is 21.6 Å². The van der Waals surface area contributed by atoms with Crippen LogP contribution in [-0.4, -0.2) is 20.9 Å². The van der Waals surface area contributed by atoms with E-state index in [2.05, 4.69) is 4.72 Å². The summed E-state index contributed by atoms with van der Waals surface area (Å²) in [5.41, 5.74) is 2.27. The van der Waals surface area contributed by atoms with Gasteiger partial charge in [-0.05, 0) is 43.2 Å². The van der Waals surface area contributed by atoms with E-state index in [0.717, 1.165) is 11.1 Å². The number of nitrogens with one attached hydrogen (secondary N) is 1. The number of esters is 1. The molecule has 0 amide bonds. The molecule has 1 N–H and O–H groups in total. The molecule has 2 aromatic carbocycles. The van der Waals surface area contributed by atoms with Crippen molar-refractivity contribution in [3.8, 4) is 0 Å². The minimum absolute atomic E-state index is 0.0107. The van der Waals surface area contributed by atoms with Gasteiger partial charge in [-0.2, -0.15) is 0 Å². The molecule has 158 valence electrons. The number of sulfonamides is 1. The van der Waals surface area contributed by atoms with Gasteiger partial charge in [0.15, 0.2) is 0 Å². The van der Waals surface area contributed by atoms with Crippen LogP contribution in [0.3, 0.4) is 0 Å². The van der Waals surface area contributed by atoms with Gasteiger partial charge in [0.05, 0.1) is 11.3 Å². The molecule has 0 aliphatic carbocycles. The Balaban J connectivity index is 1.62. The van der Waals surface area contributed by atoms with E-state index in [4.69, 9.17) is 20.8 Å². The molecule has 9 heteroatoms. The van der Waals surface area contributed by atoms with Crippen LogP contribution in [0, 0.1) is 13.8 Å². The molecule has 1 heterocycles. The maximum Gasteiger partial charge on any atom is 0.336 e. The lowest BCUT2D eigenvalue weighted by Gasteiger charge is -2.10. The van der Waals surface area contributed by atoms with Crippen LogP contribution in [0.2, 0.25) is 5.02 Å². The van der Waals surface area contributed by atoms with Crippen LogP contribution in [0.5, 0.6) is 0 Å². The summed E-state index contributed by atoms with van der Waals surface area (Å²) >= 11 is 5.81. The monoisotopic (exact) mass is 449 g/mol. The Morgan fingerprint density at radius 2 is 1.93 bits per heavy atom. The van der Waals surface area contributed by atoms with Crippen molar-refractivity contribution in [1.82, 2.24) is 4.72 Å². The van der Waals surface area contributed by atoms with Crippen molar-refractivity contribution in [2.24, 2.45) is 0 Å². The number of aryl methyl sites for hydroxylation is 2. The highest BCUT2D eigenvalue weighted by Gasteiger charge is 2.16. The molecule has 0 saturated carbocycles. The van der Waals surface area contributed by atoms with Crippen molar-refractivity contribution in [1.29, 1.82) is 0 Å². The Kier molecular flexibility index (Phi) is 6.60. The fourth-order valence-electron chi connectivity index (χ4n) is 2.88. The third kappa shape index (κ3) is 5.08. The SMILES string of the molecule is Cc1ccc2c(COC(=O)CCNS(=O)(=O)c3cccc(Cl)c3)cc(=O)oc2c1C. The van der Waals surface area contributed by atoms with Crippen LogP contribution >= 0.6 is 11.6 Å². The fourth-order valence-corrected chi connectivity index (χ4v) is 4.21. The highest BCUT2D eigenvalue weighted by Crippen LogP contribution is 2.23. The highest BCUT2D eigenvalue weighted by molar-refractivity contribution is 7.89. The van der Waals surface area contributed by atoms with Crippen molar-refractivity contribution >= 4 is 38.6 Å². The number of hydrogen-bond donors (Lipinski definition) is 1. The second kappa shape index (κ2) is 8.99. The second-order valence-corrected chi connectivity index (χ2v) is 8.94. The van der Waals surface area contributed by atoms with Gasteiger partial charge in [-0.25, -0.2) is 17.9 Å². The summed E-state index contributed by atoms with van der Waals surface area (Å²) in [4.78, 5) is 23.9. The van der Waals surface area contributed by atoms with Crippen LogP contribution in [0.15, 0.2) is 56.6 Å². The van der Waals surface area contributed by atoms with Gasteiger partial charge < -0.3 is 9.15 Å². The molecule has 3 aromatic rings.